The van der Waals surface area contributed by atoms with E-state index in [-0.39, 0.29) is 5.92 Å². The molecule has 3 aromatic rings. The van der Waals surface area contributed by atoms with Gasteiger partial charge >= 0.3 is 0 Å². The summed E-state index contributed by atoms with van der Waals surface area (Å²) in [7, 11) is 0. The molecule has 0 saturated heterocycles. The minimum Gasteiger partial charge on any atom is -0.402 e. The Morgan fingerprint density at radius 3 is 2.19 bits per heavy atom. The first-order chi connectivity index (χ1) is 15.3. The van der Waals surface area contributed by atoms with E-state index in [9.17, 15) is 0 Å². The summed E-state index contributed by atoms with van der Waals surface area (Å²) in [5.41, 5.74) is 17.2. The van der Waals surface area contributed by atoms with Crippen LogP contribution < -0.4 is 5.73 Å². The maximum Gasteiger partial charge on any atom is 0.0276 e. The molecule has 0 amide bonds. The first-order valence-electron chi connectivity index (χ1n) is 11.1. The molecule has 0 bridgehead atoms. The van der Waals surface area contributed by atoms with Gasteiger partial charge in [-0.1, -0.05) is 97.1 Å². The molecule has 2 N–H and O–H groups in total. The number of nitrogens with two attached hydrogens (primary N) is 1. The van der Waals surface area contributed by atoms with Gasteiger partial charge in [-0.15, -0.1) is 0 Å². The summed E-state index contributed by atoms with van der Waals surface area (Å²) in [6.45, 7) is 0. The molecule has 150 valence electrons. The van der Waals surface area contributed by atoms with E-state index in [4.69, 9.17) is 5.73 Å². The second-order valence-electron chi connectivity index (χ2n) is 8.74. The molecule has 0 spiro atoms. The zero-order valence-electron chi connectivity index (χ0n) is 17.4. The van der Waals surface area contributed by atoms with Crippen LogP contribution >= 0.6 is 0 Å². The number of rotatable bonds is 2. The van der Waals surface area contributed by atoms with E-state index in [1.54, 1.807) is 0 Å². The molecule has 1 heteroatoms. The van der Waals surface area contributed by atoms with Gasteiger partial charge in [-0.2, -0.15) is 0 Å². The SMILES string of the molecule is NC1=CC2=C(CC1c1ccccc1)c1ccc(-c3ccccc3)cc1C1C=CC=CC21. The number of benzene rings is 3. The van der Waals surface area contributed by atoms with Gasteiger partial charge < -0.3 is 5.73 Å². The second kappa shape index (κ2) is 7.28. The molecule has 0 saturated carbocycles. The van der Waals surface area contributed by atoms with E-state index in [2.05, 4.69) is 109 Å². The van der Waals surface area contributed by atoms with Crippen molar-refractivity contribution in [2.24, 2.45) is 11.7 Å². The van der Waals surface area contributed by atoms with E-state index in [1.165, 1.54) is 39.0 Å². The first kappa shape index (κ1) is 18.2. The largest absolute Gasteiger partial charge is 0.402 e. The highest BCUT2D eigenvalue weighted by Gasteiger charge is 2.36. The normalized spacial score (nSPS) is 23.6. The average molecular weight is 400 g/mol. The van der Waals surface area contributed by atoms with Gasteiger partial charge in [-0.25, -0.2) is 0 Å². The van der Waals surface area contributed by atoms with E-state index in [0.717, 1.165) is 12.1 Å². The highest BCUT2D eigenvalue weighted by Crippen LogP contribution is 2.52. The molecule has 0 aliphatic heterocycles. The molecule has 1 nitrogen and oxygen atoms in total. The Morgan fingerprint density at radius 1 is 0.710 bits per heavy atom. The van der Waals surface area contributed by atoms with Gasteiger partial charge in [-0.3, -0.25) is 0 Å². The molecule has 31 heavy (non-hydrogen) atoms. The van der Waals surface area contributed by atoms with Crippen LogP contribution in [0, 0.1) is 5.92 Å². The monoisotopic (exact) mass is 399 g/mol. The molecule has 3 atom stereocenters. The van der Waals surface area contributed by atoms with Crippen molar-refractivity contribution in [1.29, 1.82) is 0 Å². The molecule has 0 fully saturated rings. The number of hydrogen-bond acceptors (Lipinski definition) is 1. The van der Waals surface area contributed by atoms with Crippen molar-refractivity contribution < 1.29 is 0 Å². The summed E-state index contributed by atoms with van der Waals surface area (Å²) < 4.78 is 0. The number of hydrogen-bond donors (Lipinski definition) is 1. The third-order valence-corrected chi connectivity index (χ3v) is 7.02. The fraction of sp³-hybridized carbons (Fsp3) is 0.133. The minimum atomic E-state index is 0.237. The molecular weight excluding hydrogens is 374 g/mol. The Labute approximate surface area is 183 Å². The van der Waals surface area contributed by atoms with Gasteiger partial charge in [0.1, 0.15) is 0 Å². The molecule has 6 rings (SSSR count). The topological polar surface area (TPSA) is 26.0 Å². The van der Waals surface area contributed by atoms with Crippen LogP contribution in [-0.4, -0.2) is 0 Å². The van der Waals surface area contributed by atoms with Gasteiger partial charge in [0.2, 0.25) is 0 Å². The Hall–Kier alpha value is -3.58. The Bertz CT molecular complexity index is 1260. The lowest BCUT2D eigenvalue weighted by Gasteiger charge is -2.39. The summed E-state index contributed by atoms with van der Waals surface area (Å²) in [5, 5.41) is 0. The summed E-state index contributed by atoms with van der Waals surface area (Å²) >= 11 is 0. The zero-order chi connectivity index (χ0) is 20.8. The predicted molar refractivity (Wildman–Crippen MR) is 129 cm³/mol. The van der Waals surface area contributed by atoms with Crippen LogP contribution in [-0.2, 0) is 0 Å². The second-order valence-corrected chi connectivity index (χ2v) is 8.74. The number of fused-ring (bicyclic) bond motifs is 5. The van der Waals surface area contributed by atoms with Crippen LogP contribution in [0.25, 0.3) is 16.7 Å². The van der Waals surface area contributed by atoms with Gasteiger partial charge in [0.15, 0.2) is 0 Å². The lowest BCUT2D eigenvalue weighted by atomic mass is 9.65. The van der Waals surface area contributed by atoms with Crippen LogP contribution in [0.4, 0.5) is 0 Å². The quantitative estimate of drug-likeness (QED) is 0.494. The third kappa shape index (κ3) is 3.00. The van der Waals surface area contributed by atoms with Crippen molar-refractivity contribution in [3.8, 4) is 11.1 Å². The molecule has 0 heterocycles. The summed E-state index contributed by atoms with van der Waals surface area (Å²) in [6, 6.07) is 28.4. The van der Waals surface area contributed by atoms with Crippen LogP contribution in [0.3, 0.4) is 0 Å². The van der Waals surface area contributed by atoms with Gasteiger partial charge in [0.25, 0.3) is 0 Å². The molecule has 3 unspecified atom stereocenters. The lowest BCUT2D eigenvalue weighted by Crippen LogP contribution is -2.25. The van der Waals surface area contributed by atoms with Gasteiger partial charge in [0, 0.05) is 23.5 Å². The Balaban J connectivity index is 1.50. The molecule has 3 aliphatic carbocycles. The van der Waals surface area contributed by atoms with Crippen LogP contribution in [0.5, 0.6) is 0 Å². The van der Waals surface area contributed by atoms with Crippen molar-refractivity contribution in [2.45, 2.75) is 18.3 Å². The molecule has 0 radical (unpaired) electrons. The summed E-state index contributed by atoms with van der Waals surface area (Å²) in [6.07, 6.45) is 12.3. The highest BCUT2D eigenvalue weighted by molar-refractivity contribution is 5.82. The van der Waals surface area contributed by atoms with Crippen molar-refractivity contribution in [2.75, 3.05) is 0 Å². The van der Waals surface area contributed by atoms with E-state index in [1.807, 2.05) is 0 Å². The smallest absolute Gasteiger partial charge is 0.0276 e. The highest BCUT2D eigenvalue weighted by atomic mass is 14.6. The Kier molecular flexibility index (Phi) is 4.28. The van der Waals surface area contributed by atoms with Crippen LogP contribution in [0.2, 0.25) is 0 Å². The van der Waals surface area contributed by atoms with Gasteiger partial charge in [-0.05, 0) is 57.5 Å². The van der Waals surface area contributed by atoms with Gasteiger partial charge in [0.05, 0.1) is 0 Å². The van der Waals surface area contributed by atoms with Crippen molar-refractivity contribution in [3.05, 3.63) is 137 Å². The maximum absolute atomic E-state index is 6.64. The van der Waals surface area contributed by atoms with Crippen molar-refractivity contribution >= 4 is 5.57 Å². The Morgan fingerprint density at radius 2 is 1.42 bits per heavy atom. The molecule has 3 aromatic carbocycles. The van der Waals surface area contributed by atoms with Crippen molar-refractivity contribution in [3.63, 3.8) is 0 Å². The fourth-order valence-corrected chi connectivity index (χ4v) is 5.49. The first-order valence-corrected chi connectivity index (χ1v) is 11.1. The predicted octanol–water partition coefficient (Wildman–Crippen LogP) is 6.98. The average Bonchev–Trinajstić information content (AvgIpc) is 2.85. The lowest BCUT2D eigenvalue weighted by molar-refractivity contribution is 0.642. The standard InChI is InChI=1S/C30H25N/c31-30-19-29-24-14-8-7-13-23(24)27-17-22(20-9-3-1-4-10-20)15-16-25(27)28(29)18-26(30)21-11-5-2-6-12-21/h1-17,19,23-24,26H,18,31H2. The van der Waals surface area contributed by atoms with E-state index in [0.29, 0.717) is 11.8 Å². The fourth-order valence-electron chi connectivity index (χ4n) is 5.49. The zero-order valence-corrected chi connectivity index (χ0v) is 17.4. The van der Waals surface area contributed by atoms with E-state index >= 15 is 0 Å². The minimum absolute atomic E-state index is 0.237. The summed E-state index contributed by atoms with van der Waals surface area (Å²) in [5.74, 6) is 0.954. The third-order valence-electron chi connectivity index (χ3n) is 7.02. The molecular formula is C30H25N. The summed E-state index contributed by atoms with van der Waals surface area (Å²) in [4.78, 5) is 0. The number of allylic oxidation sites excluding steroid dienone is 8. The molecule has 3 aliphatic rings. The van der Waals surface area contributed by atoms with Crippen molar-refractivity contribution in [1.82, 2.24) is 0 Å². The van der Waals surface area contributed by atoms with E-state index < -0.39 is 0 Å². The van der Waals surface area contributed by atoms with Crippen LogP contribution in [0.15, 0.2) is 121 Å². The molecule has 0 aromatic heterocycles. The maximum atomic E-state index is 6.64. The van der Waals surface area contributed by atoms with Crippen LogP contribution in [0.1, 0.15) is 34.9 Å².